The highest BCUT2D eigenvalue weighted by Crippen LogP contribution is 2.29. The van der Waals surface area contributed by atoms with Crippen LogP contribution in [0.2, 0.25) is 0 Å². The van der Waals surface area contributed by atoms with E-state index >= 15 is 0 Å². The highest BCUT2D eigenvalue weighted by Gasteiger charge is 2.16. The van der Waals surface area contributed by atoms with Crippen LogP contribution in [0.3, 0.4) is 0 Å². The fraction of sp³-hybridized carbons (Fsp3) is 0.217. The largest absolute Gasteiger partial charge is 0.495 e. The first-order valence-corrected chi connectivity index (χ1v) is 10.0. The Hall–Kier alpha value is -4.54. The standard InChI is InChI=1S/C23H23N3O8/c1-14-10-20(26-34-14)25-22(28)13-33-23(29)15-8-9-18(19(11-15)31-3)32-12-21(27)24-16-6-4-5-7-17(16)30-2/h4-11H,12-13H2,1-3H3,(H,24,27)(H,25,26,28). The van der Waals surface area contributed by atoms with Gasteiger partial charge in [-0.15, -0.1) is 0 Å². The van der Waals surface area contributed by atoms with Crippen molar-refractivity contribution < 1.29 is 37.9 Å². The number of ether oxygens (including phenoxy) is 4. The lowest BCUT2D eigenvalue weighted by atomic mass is 10.2. The topological polar surface area (TPSA) is 138 Å². The molecule has 0 spiro atoms. The zero-order valence-corrected chi connectivity index (χ0v) is 18.7. The number of carbonyl (C=O) groups is 3. The van der Waals surface area contributed by atoms with Gasteiger partial charge in [0.2, 0.25) is 0 Å². The molecule has 0 radical (unpaired) electrons. The van der Waals surface area contributed by atoms with Crippen LogP contribution in [0.1, 0.15) is 16.1 Å². The Morgan fingerprint density at radius 2 is 1.62 bits per heavy atom. The van der Waals surface area contributed by atoms with Crippen molar-refractivity contribution in [1.29, 1.82) is 0 Å². The Balaban J connectivity index is 1.54. The summed E-state index contributed by atoms with van der Waals surface area (Å²) in [5.74, 6) is -0.0183. The number of aryl methyl sites for hydroxylation is 1. The number of benzene rings is 2. The molecule has 0 fully saturated rings. The van der Waals surface area contributed by atoms with Crippen LogP contribution < -0.4 is 24.8 Å². The summed E-state index contributed by atoms with van der Waals surface area (Å²) in [6.45, 7) is 0.852. The average molecular weight is 469 g/mol. The number of anilines is 2. The fourth-order valence-electron chi connectivity index (χ4n) is 2.81. The van der Waals surface area contributed by atoms with E-state index in [4.69, 9.17) is 23.5 Å². The molecule has 11 heteroatoms. The average Bonchev–Trinajstić information content (AvgIpc) is 3.25. The van der Waals surface area contributed by atoms with Gasteiger partial charge < -0.3 is 34.1 Å². The maximum absolute atomic E-state index is 12.3. The Bertz CT molecular complexity index is 1170. The van der Waals surface area contributed by atoms with Crippen molar-refractivity contribution in [3.05, 3.63) is 59.9 Å². The van der Waals surface area contributed by atoms with Crippen LogP contribution in [0.5, 0.6) is 17.2 Å². The van der Waals surface area contributed by atoms with Gasteiger partial charge in [-0.25, -0.2) is 4.79 Å². The number of nitrogens with zero attached hydrogens (tertiary/aromatic N) is 1. The first-order valence-electron chi connectivity index (χ1n) is 10.0. The summed E-state index contributed by atoms with van der Waals surface area (Å²) in [6.07, 6.45) is 0. The van der Waals surface area contributed by atoms with E-state index in [9.17, 15) is 14.4 Å². The SMILES string of the molecule is COc1ccccc1NC(=O)COc1ccc(C(=O)OCC(=O)Nc2cc(C)on2)cc1OC. The molecule has 2 aromatic carbocycles. The molecule has 0 aliphatic heterocycles. The van der Waals surface area contributed by atoms with Crippen LogP contribution in [0.15, 0.2) is 53.1 Å². The molecule has 3 rings (SSSR count). The maximum atomic E-state index is 12.3. The zero-order chi connectivity index (χ0) is 24.5. The molecule has 1 heterocycles. The molecule has 0 unspecified atom stereocenters. The summed E-state index contributed by atoms with van der Waals surface area (Å²) in [6, 6.07) is 12.8. The molecule has 2 amide bonds. The number of methoxy groups -OCH3 is 2. The third kappa shape index (κ3) is 6.48. The van der Waals surface area contributed by atoms with E-state index in [-0.39, 0.29) is 29.5 Å². The van der Waals surface area contributed by atoms with Crippen molar-refractivity contribution in [3.63, 3.8) is 0 Å². The maximum Gasteiger partial charge on any atom is 0.338 e. The summed E-state index contributed by atoms with van der Waals surface area (Å²) < 4.78 is 25.8. The lowest BCUT2D eigenvalue weighted by Gasteiger charge is -2.13. The molecule has 34 heavy (non-hydrogen) atoms. The molecule has 0 bridgehead atoms. The van der Waals surface area contributed by atoms with Crippen molar-refractivity contribution >= 4 is 29.3 Å². The number of para-hydroxylation sites is 2. The number of nitrogens with one attached hydrogen (secondary N) is 2. The van der Waals surface area contributed by atoms with E-state index in [1.165, 1.54) is 38.5 Å². The minimum absolute atomic E-state index is 0.132. The van der Waals surface area contributed by atoms with Crippen molar-refractivity contribution in [2.75, 3.05) is 38.1 Å². The smallest absolute Gasteiger partial charge is 0.338 e. The quantitative estimate of drug-likeness (QED) is 0.429. The Labute approximate surface area is 194 Å². The number of hydrogen-bond donors (Lipinski definition) is 2. The van der Waals surface area contributed by atoms with E-state index < -0.39 is 24.4 Å². The number of amides is 2. The minimum atomic E-state index is -0.745. The molecule has 11 nitrogen and oxygen atoms in total. The van der Waals surface area contributed by atoms with Gasteiger partial charge in [0.05, 0.1) is 25.5 Å². The molecule has 0 atom stereocenters. The van der Waals surface area contributed by atoms with Gasteiger partial charge in [0.1, 0.15) is 11.5 Å². The summed E-state index contributed by atoms with van der Waals surface area (Å²) in [5.41, 5.74) is 0.638. The molecule has 3 aromatic rings. The first kappa shape index (κ1) is 24.1. The number of hydrogen-bond acceptors (Lipinski definition) is 9. The zero-order valence-electron chi connectivity index (χ0n) is 18.7. The second-order valence-corrected chi connectivity index (χ2v) is 6.85. The molecule has 178 valence electrons. The predicted octanol–water partition coefficient (Wildman–Crippen LogP) is 2.81. The van der Waals surface area contributed by atoms with Crippen LogP contribution in [-0.4, -0.2) is 50.4 Å². The van der Waals surface area contributed by atoms with Crippen LogP contribution in [-0.2, 0) is 14.3 Å². The van der Waals surface area contributed by atoms with Gasteiger partial charge in [-0.05, 0) is 37.3 Å². The molecule has 0 aliphatic rings. The fourth-order valence-corrected chi connectivity index (χ4v) is 2.81. The van der Waals surface area contributed by atoms with E-state index in [2.05, 4.69) is 15.8 Å². The molecule has 0 saturated carbocycles. The lowest BCUT2D eigenvalue weighted by molar-refractivity contribution is -0.119. The third-order valence-corrected chi connectivity index (χ3v) is 4.37. The van der Waals surface area contributed by atoms with Gasteiger partial charge in [-0.2, -0.15) is 0 Å². The highest BCUT2D eigenvalue weighted by molar-refractivity contribution is 5.95. The lowest BCUT2D eigenvalue weighted by Crippen LogP contribution is -2.21. The number of carbonyl (C=O) groups excluding carboxylic acids is 3. The van der Waals surface area contributed by atoms with Crippen LogP contribution >= 0.6 is 0 Å². The van der Waals surface area contributed by atoms with E-state index in [1.807, 2.05) is 0 Å². The highest BCUT2D eigenvalue weighted by atomic mass is 16.5. The number of esters is 1. The van der Waals surface area contributed by atoms with Crippen LogP contribution in [0, 0.1) is 6.92 Å². The normalized spacial score (nSPS) is 10.2. The monoisotopic (exact) mass is 469 g/mol. The third-order valence-electron chi connectivity index (χ3n) is 4.37. The van der Waals surface area contributed by atoms with Gasteiger partial charge in [0.15, 0.2) is 30.5 Å². The Morgan fingerprint density at radius 1 is 0.882 bits per heavy atom. The molecular formula is C23H23N3O8. The Morgan fingerprint density at radius 3 is 2.32 bits per heavy atom. The minimum Gasteiger partial charge on any atom is -0.495 e. The van der Waals surface area contributed by atoms with Crippen molar-refractivity contribution in [2.45, 2.75) is 6.92 Å². The molecule has 0 aliphatic carbocycles. The summed E-state index contributed by atoms with van der Waals surface area (Å²) in [7, 11) is 2.89. The molecule has 0 saturated heterocycles. The number of rotatable bonds is 10. The van der Waals surface area contributed by atoms with E-state index in [1.54, 1.807) is 31.2 Å². The van der Waals surface area contributed by atoms with Crippen LogP contribution in [0.4, 0.5) is 11.5 Å². The number of aromatic nitrogens is 1. The molecule has 1 aromatic heterocycles. The van der Waals surface area contributed by atoms with Gasteiger partial charge in [-0.1, -0.05) is 17.3 Å². The summed E-state index contributed by atoms with van der Waals surface area (Å²) in [5, 5.41) is 8.76. The van der Waals surface area contributed by atoms with Gasteiger partial charge >= 0.3 is 5.97 Å². The summed E-state index contributed by atoms with van der Waals surface area (Å²) in [4.78, 5) is 36.5. The molecular weight excluding hydrogens is 446 g/mol. The second-order valence-electron chi connectivity index (χ2n) is 6.85. The van der Waals surface area contributed by atoms with Gasteiger partial charge in [0.25, 0.3) is 11.8 Å². The summed E-state index contributed by atoms with van der Waals surface area (Å²) >= 11 is 0. The second kappa shape index (κ2) is 11.4. The van der Waals surface area contributed by atoms with Crippen molar-refractivity contribution in [3.8, 4) is 17.2 Å². The first-order chi connectivity index (χ1) is 16.4. The van der Waals surface area contributed by atoms with Gasteiger partial charge in [-0.3, -0.25) is 9.59 Å². The predicted molar refractivity (Wildman–Crippen MR) is 120 cm³/mol. The van der Waals surface area contributed by atoms with Crippen LogP contribution in [0.25, 0.3) is 0 Å². The van der Waals surface area contributed by atoms with E-state index in [0.29, 0.717) is 17.2 Å². The van der Waals surface area contributed by atoms with Gasteiger partial charge in [0, 0.05) is 6.07 Å². The Kier molecular flexibility index (Phi) is 8.06. The van der Waals surface area contributed by atoms with Crippen molar-refractivity contribution in [2.24, 2.45) is 0 Å². The van der Waals surface area contributed by atoms with E-state index in [0.717, 1.165) is 0 Å². The molecule has 2 N–H and O–H groups in total. The van der Waals surface area contributed by atoms with Crippen molar-refractivity contribution in [1.82, 2.24) is 5.16 Å².